The topological polar surface area (TPSA) is 72.4 Å². The number of aromatic nitrogens is 1. The summed E-state index contributed by atoms with van der Waals surface area (Å²) in [6.07, 6.45) is 0.733. The third kappa shape index (κ3) is 5.60. The summed E-state index contributed by atoms with van der Waals surface area (Å²) in [4.78, 5) is 26.1. The minimum atomic E-state index is -0.203. The Morgan fingerprint density at radius 1 is 0.939 bits per heavy atom. The lowest BCUT2D eigenvalue weighted by molar-refractivity contribution is -0.121. The molecule has 6 heteroatoms. The molecule has 0 spiro atoms. The number of carbonyl (C=O) groups excluding carboxylic acids is 1. The van der Waals surface area contributed by atoms with E-state index >= 15 is 0 Å². The Morgan fingerprint density at radius 3 is 2.39 bits per heavy atom. The van der Waals surface area contributed by atoms with E-state index in [9.17, 15) is 9.59 Å². The fourth-order valence-corrected chi connectivity index (χ4v) is 3.77. The van der Waals surface area contributed by atoms with Crippen LogP contribution in [0.3, 0.4) is 0 Å². The van der Waals surface area contributed by atoms with E-state index in [0.717, 1.165) is 23.1 Å². The number of nitrogens with one attached hydrogen (secondary N) is 2. The molecule has 4 aromatic rings. The molecule has 1 aromatic heterocycles. The number of nitrogens with zero attached hydrogens (tertiary/aromatic N) is 1. The SMILES string of the molecule is COc1ccc2cc(CNc3ccccc3)c(=O)n(CC(=O)NCCc3ccccc3)c2c1. The first-order valence-corrected chi connectivity index (χ1v) is 10.9. The standard InChI is InChI=1S/C27H27N3O3/c1-33-24-13-12-21-16-22(18-29-23-10-6-3-7-11-23)27(32)30(25(21)17-24)19-26(31)28-15-14-20-8-4-2-5-9-20/h2-13,16-17,29H,14-15,18-19H2,1H3,(H,28,31). The van der Waals surface area contributed by atoms with Gasteiger partial charge in [0.25, 0.3) is 5.56 Å². The summed E-state index contributed by atoms with van der Waals surface area (Å²) in [6, 6.07) is 27.1. The van der Waals surface area contributed by atoms with Crippen molar-refractivity contribution in [3.63, 3.8) is 0 Å². The number of anilines is 1. The number of amides is 1. The van der Waals surface area contributed by atoms with Gasteiger partial charge in [-0.15, -0.1) is 0 Å². The molecular weight excluding hydrogens is 414 g/mol. The van der Waals surface area contributed by atoms with E-state index in [-0.39, 0.29) is 18.0 Å². The van der Waals surface area contributed by atoms with Crippen molar-refractivity contribution in [3.8, 4) is 5.75 Å². The van der Waals surface area contributed by atoms with Gasteiger partial charge >= 0.3 is 0 Å². The van der Waals surface area contributed by atoms with Gasteiger partial charge < -0.3 is 15.4 Å². The minimum absolute atomic E-state index is 0.0591. The molecule has 0 saturated carbocycles. The highest BCUT2D eigenvalue weighted by Crippen LogP contribution is 2.21. The number of hydrogen-bond acceptors (Lipinski definition) is 4. The van der Waals surface area contributed by atoms with E-state index in [0.29, 0.717) is 29.9 Å². The molecule has 0 aliphatic heterocycles. The van der Waals surface area contributed by atoms with Gasteiger partial charge in [0.1, 0.15) is 12.3 Å². The molecule has 0 fully saturated rings. The first-order chi connectivity index (χ1) is 16.1. The molecule has 0 atom stereocenters. The van der Waals surface area contributed by atoms with Crippen LogP contribution < -0.4 is 20.9 Å². The maximum absolute atomic E-state index is 13.3. The molecule has 0 radical (unpaired) electrons. The van der Waals surface area contributed by atoms with Crippen molar-refractivity contribution >= 4 is 22.5 Å². The molecule has 0 saturated heterocycles. The largest absolute Gasteiger partial charge is 0.497 e. The minimum Gasteiger partial charge on any atom is -0.497 e. The summed E-state index contributed by atoms with van der Waals surface area (Å²) >= 11 is 0. The third-order valence-electron chi connectivity index (χ3n) is 5.52. The zero-order chi connectivity index (χ0) is 23.0. The molecule has 6 nitrogen and oxygen atoms in total. The highest BCUT2D eigenvalue weighted by atomic mass is 16.5. The average Bonchev–Trinajstić information content (AvgIpc) is 2.85. The lowest BCUT2D eigenvalue weighted by atomic mass is 10.1. The van der Waals surface area contributed by atoms with E-state index < -0.39 is 0 Å². The third-order valence-corrected chi connectivity index (χ3v) is 5.52. The van der Waals surface area contributed by atoms with Crippen LogP contribution in [0.25, 0.3) is 10.9 Å². The molecule has 4 rings (SSSR count). The van der Waals surface area contributed by atoms with Crippen LogP contribution in [-0.4, -0.2) is 24.1 Å². The Hall–Kier alpha value is -4.06. The summed E-state index contributed by atoms with van der Waals surface area (Å²) < 4.78 is 6.87. The van der Waals surface area contributed by atoms with E-state index in [1.165, 1.54) is 4.57 Å². The van der Waals surface area contributed by atoms with E-state index in [1.807, 2.05) is 78.9 Å². The maximum atomic E-state index is 13.3. The van der Waals surface area contributed by atoms with Gasteiger partial charge in [-0.05, 0) is 47.7 Å². The Balaban J connectivity index is 1.56. The van der Waals surface area contributed by atoms with Crippen LogP contribution in [0.5, 0.6) is 5.75 Å². The number of pyridine rings is 1. The van der Waals surface area contributed by atoms with E-state index in [2.05, 4.69) is 10.6 Å². The van der Waals surface area contributed by atoms with Crippen molar-refractivity contribution in [1.82, 2.24) is 9.88 Å². The fraction of sp³-hybridized carbons (Fsp3) is 0.185. The average molecular weight is 442 g/mol. The summed E-state index contributed by atoms with van der Waals surface area (Å²) in [7, 11) is 1.58. The molecule has 1 amide bonds. The van der Waals surface area contributed by atoms with Gasteiger partial charge in [-0.3, -0.25) is 14.2 Å². The van der Waals surface area contributed by atoms with Crippen LogP contribution in [-0.2, 0) is 24.3 Å². The number of fused-ring (bicyclic) bond motifs is 1. The van der Waals surface area contributed by atoms with Gasteiger partial charge in [0.15, 0.2) is 0 Å². The van der Waals surface area contributed by atoms with Crippen molar-refractivity contribution in [2.75, 3.05) is 19.0 Å². The summed E-state index contributed by atoms with van der Waals surface area (Å²) in [6.45, 7) is 0.811. The van der Waals surface area contributed by atoms with Crippen LogP contribution in [0.1, 0.15) is 11.1 Å². The van der Waals surface area contributed by atoms with Crippen molar-refractivity contribution < 1.29 is 9.53 Å². The van der Waals surface area contributed by atoms with Gasteiger partial charge in [-0.25, -0.2) is 0 Å². The number of ether oxygens (including phenoxy) is 1. The second-order valence-electron chi connectivity index (χ2n) is 7.79. The number of carbonyl (C=O) groups is 1. The van der Waals surface area contributed by atoms with Crippen LogP contribution in [0.4, 0.5) is 5.69 Å². The van der Waals surface area contributed by atoms with Crippen molar-refractivity contribution in [2.45, 2.75) is 19.5 Å². The lowest BCUT2D eigenvalue weighted by Gasteiger charge is -2.15. The molecule has 0 bridgehead atoms. The fourth-order valence-electron chi connectivity index (χ4n) is 3.77. The highest BCUT2D eigenvalue weighted by Gasteiger charge is 2.13. The van der Waals surface area contributed by atoms with Crippen molar-refractivity contribution in [3.05, 3.63) is 106 Å². The van der Waals surface area contributed by atoms with Crippen LogP contribution >= 0.6 is 0 Å². The monoisotopic (exact) mass is 441 g/mol. The number of methoxy groups -OCH3 is 1. The number of para-hydroxylation sites is 1. The molecule has 168 valence electrons. The molecule has 33 heavy (non-hydrogen) atoms. The molecular formula is C27H27N3O3. The first-order valence-electron chi connectivity index (χ1n) is 10.9. The second-order valence-corrected chi connectivity index (χ2v) is 7.79. The number of benzene rings is 3. The van der Waals surface area contributed by atoms with Crippen LogP contribution in [0.15, 0.2) is 89.7 Å². The lowest BCUT2D eigenvalue weighted by Crippen LogP contribution is -2.35. The van der Waals surface area contributed by atoms with Crippen LogP contribution in [0, 0.1) is 0 Å². The van der Waals surface area contributed by atoms with E-state index in [4.69, 9.17) is 4.74 Å². The Labute approximate surface area is 192 Å². The molecule has 0 unspecified atom stereocenters. The number of hydrogen-bond donors (Lipinski definition) is 2. The normalized spacial score (nSPS) is 10.7. The molecule has 0 aliphatic carbocycles. The van der Waals surface area contributed by atoms with Gasteiger partial charge in [0, 0.05) is 30.4 Å². The second kappa shape index (κ2) is 10.5. The Kier molecular flexibility index (Phi) is 7.05. The van der Waals surface area contributed by atoms with Crippen LogP contribution in [0.2, 0.25) is 0 Å². The van der Waals surface area contributed by atoms with Crippen molar-refractivity contribution in [2.24, 2.45) is 0 Å². The first kappa shape index (κ1) is 22.1. The van der Waals surface area contributed by atoms with Gasteiger partial charge in [0.05, 0.1) is 12.6 Å². The van der Waals surface area contributed by atoms with Gasteiger partial charge in [-0.2, -0.15) is 0 Å². The van der Waals surface area contributed by atoms with Crippen molar-refractivity contribution in [1.29, 1.82) is 0 Å². The van der Waals surface area contributed by atoms with Gasteiger partial charge in [-0.1, -0.05) is 48.5 Å². The molecule has 2 N–H and O–H groups in total. The summed E-state index contributed by atoms with van der Waals surface area (Å²) in [5, 5.41) is 7.09. The summed E-state index contributed by atoms with van der Waals surface area (Å²) in [5.74, 6) is 0.431. The predicted octanol–water partition coefficient (Wildman–Crippen LogP) is 3.98. The maximum Gasteiger partial charge on any atom is 0.256 e. The quantitative estimate of drug-likeness (QED) is 0.412. The summed E-state index contributed by atoms with van der Waals surface area (Å²) in [5.41, 5.74) is 3.14. The molecule has 1 heterocycles. The Bertz CT molecular complexity index is 1280. The Morgan fingerprint density at radius 2 is 1.67 bits per heavy atom. The van der Waals surface area contributed by atoms with E-state index in [1.54, 1.807) is 13.2 Å². The molecule has 3 aromatic carbocycles. The zero-order valence-corrected chi connectivity index (χ0v) is 18.6. The molecule has 0 aliphatic rings. The van der Waals surface area contributed by atoms with Gasteiger partial charge in [0.2, 0.25) is 5.91 Å². The smallest absolute Gasteiger partial charge is 0.256 e. The number of rotatable bonds is 9. The highest BCUT2D eigenvalue weighted by molar-refractivity contribution is 5.84. The zero-order valence-electron chi connectivity index (χ0n) is 18.6. The predicted molar refractivity (Wildman–Crippen MR) is 132 cm³/mol.